The van der Waals surface area contributed by atoms with Gasteiger partial charge in [0.25, 0.3) is 0 Å². The van der Waals surface area contributed by atoms with Crippen LogP contribution < -0.4 is 4.74 Å². The van der Waals surface area contributed by atoms with Crippen LogP contribution in [0.1, 0.15) is 5.82 Å². The largest absolute Gasteiger partial charge is 0.496 e. The van der Waals surface area contributed by atoms with E-state index in [1.807, 2.05) is 24.3 Å². The van der Waals surface area contributed by atoms with Crippen molar-refractivity contribution in [3.8, 4) is 23.1 Å². The lowest BCUT2D eigenvalue weighted by Gasteiger charge is -2.32. The SMILES string of the molecule is COc1ccccc1-c1cnc(C2(C#N)COC2)[nH]1. The summed E-state index contributed by atoms with van der Waals surface area (Å²) < 4.78 is 10.5. The van der Waals surface area contributed by atoms with Gasteiger partial charge < -0.3 is 14.5 Å². The molecule has 3 rings (SSSR count). The van der Waals surface area contributed by atoms with Crippen molar-refractivity contribution in [3.05, 3.63) is 36.3 Å². The number of para-hydroxylation sites is 1. The Morgan fingerprint density at radius 1 is 1.42 bits per heavy atom. The summed E-state index contributed by atoms with van der Waals surface area (Å²) in [6.07, 6.45) is 1.73. The molecule has 1 aromatic carbocycles. The Kier molecular flexibility index (Phi) is 2.73. The predicted octanol–water partition coefficient (Wildman–Crippen LogP) is 1.88. The highest BCUT2D eigenvalue weighted by atomic mass is 16.5. The van der Waals surface area contributed by atoms with Crippen molar-refractivity contribution >= 4 is 0 Å². The summed E-state index contributed by atoms with van der Waals surface area (Å²) in [4.78, 5) is 7.52. The van der Waals surface area contributed by atoms with Crippen LogP contribution in [0.15, 0.2) is 30.5 Å². The van der Waals surface area contributed by atoms with Gasteiger partial charge in [-0.1, -0.05) is 12.1 Å². The first kappa shape index (κ1) is 11.8. The number of imidazole rings is 1. The Labute approximate surface area is 110 Å². The van der Waals surface area contributed by atoms with E-state index < -0.39 is 5.41 Å². The maximum Gasteiger partial charge on any atom is 0.161 e. The van der Waals surface area contributed by atoms with Gasteiger partial charge in [-0.3, -0.25) is 0 Å². The lowest BCUT2D eigenvalue weighted by molar-refractivity contribution is -0.0335. The van der Waals surface area contributed by atoms with Crippen LogP contribution in [0.4, 0.5) is 0 Å². The molecule has 0 unspecified atom stereocenters. The van der Waals surface area contributed by atoms with Gasteiger partial charge >= 0.3 is 0 Å². The van der Waals surface area contributed by atoms with Gasteiger partial charge in [0.15, 0.2) is 5.41 Å². The van der Waals surface area contributed by atoms with Gasteiger partial charge in [0.05, 0.1) is 38.3 Å². The number of methoxy groups -OCH3 is 1. The van der Waals surface area contributed by atoms with Gasteiger partial charge in [-0.15, -0.1) is 0 Å². The molecule has 1 aromatic heterocycles. The molecule has 5 nitrogen and oxygen atoms in total. The molecule has 1 fully saturated rings. The van der Waals surface area contributed by atoms with Crippen LogP contribution in [-0.2, 0) is 10.2 Å². The molecular weight excluding hydrogens is 242 g/mol. The van der Waals surface area contributed by atoms with Crippen molar-refractivity contribution in [3.63, 3.8) is 0 Å². The minimum Gasteiger partial charge on any atom is -0.496 e. The Morgan fingerprint density at radius 2 is 2.21 bits per heavy atom. The summed E-state index contributed by atoms with van der Waals surface area (Å²) in [5.41, 5.74) is 1.14. The maximum absolute atomic E-state index is 9.26. The third-order valence-electron chi connectivity index (χ3n) is 3.34. The van der Waals surface area contributed by atoms with Crippen LogP contribution >= 0.6 is 0 Å². The monoisotopic (exact) mass is 255 g/mol. The van der Waals surface area contributed by atoms with E-state index in [1.165, 1.54) is 0 Å². The molecule has 1 aliphatic rings. The molecule has 0 saturated carbocycles. The molecule has 2 aromatic rings. The second kappa shape index (κ2) is 4.41. The van der Waals surface area contributed by atoms with Gasteiger partial charge in [0.2, 0.25) is 0 Å². The molecule has 2 heterocycles. The van der Waals surface area contributed by atoms with E-state index in [4.69, 9.17) is 9.47 Å². The second-order valence-corrected chi connectivity index (χ2v) is 4.53. The highest BCUT2D eigenvalue weighted by molar-refractivity contribution is 5.66. The average molecular weight is 255 g/mol. The van der Waals surface area contributed by atoms with Crippen molar-refractivity contribution in [2.75, 3.05) is 20.3 Å². The van der Waals surface area contributed by atoms with E-state index in [2.05, 4.69) is 16.0 Å². The van der Waals surface area contributed by atoms with Gasteiger partial charge in [-0.05, 0) is 12.1 Å². The molecule has 0 spiro atoms. The van der Waals surface area contributed by atoms with Gasteiger partial charge in [0.1, 0.15) is 11.6 Å². The number of nitrogens with zero attached hydrogens (tertiary/aromatic N) is 2. The van der Waals surface area contributed by atoms with Crippen LogP contribution in [0.25, 0.3) is 11.3 Å². The molecule has 96 valence electrons. The fourth-order valence-corrected chi connectivity index (χ4v) is 2.13. The van der Waals surface area contributed by atoms with E-state index in [0.717, 1.165) is 17.0 Å². The van der Waals surface area contributed by atoms with Crippen molar-refractivity contribution in [2.24, 2.45) is 0 Å². The molecule has 1 N–H and O–H groups in total. The number of nitriles is 1. The fourth-order valence-electron chi connectivity index (χ4n) is 2.13. The van der Waals surface area contributed by atoms with Crippen LogP contribution in [0.3, 0.4) is 0 Å². The number of aromatic nitrogens is 2. The Bertz CT molecular complexity index is 638. The molecule has 0 bridgehead atoms. The molecular formula is C14H13N3O2. The van der Waals surface area contributed by atoms with Crippen molar-refractivity contribution in [1.29, 1.82) is 5.26 Å². The zero-order valence-electron chi connectivity index (χ0n) is 10.5. The molecule has 1 saturated heterocycles. The Morgan fingerprint density at radius 3 is 2.84 bits per heavy atom. The molecule has 0 radical (unpaired) electrons. The first-order valence-corrected chi connectivity index (χ1v) is 5.97. The summed E-state index contributed by atoms with van der Waals surface area (Å²) in [7, 11) is 1.63. The third-order valence-corrected chi connectivity index (χ3v) is 3.34. The normalized spacial score (nSPS) is 16.4. The van der Waals surface area contributed by atoms with E-state index in [0.29, 0.717) is 19.0 Å². The van der Waals surface area contributed by atoms with Gasteiger partial charge in [-0.25, -0.2) is 4.98 Å². The van der Waals surface area contributed by atoms with E-state index in [-0.39, 0.29) is 0 Å². The van der Waals surface area contributed by atoms with Crippen LogP contribution in [-0.4, -0.2) is 30.3 Å². The average Bonchev–Trinajstić information content (AvgIpc) is 2.88. The van der Waals surface area contributed by atoms with Crippen molar-refractivity contribution in [2.45, 2.75) is 5.41 Å². The molecule has 0 amide bonds. The summed E-state index contributed by atoms with van der Waals surface area (Å²) in [6.45, 7) is 0.782. The van der Waals surface area contributed by atoms with E-state index in [1.54, 1.807) is 13.3 Å². The molecule has 0 atom stereocenters. The molecule has 19 heavy (non-hydrogen) atoms. The van der Waals surface area contributed by atoms with Crippen LogP contribution in [0, 0.1) is 11.3 Å². The topological polar surface area (TPSA) is 70.9 Å². The van der Waals surface area contributed by atoms with Gasteiger partial charge in [0, 0.05) is 5.56 Å². The summed E-state index contributed by atoms with van der Waals surface area (Å²) in [5.74, 6) is 1.43. The third kappa shape index (κ3) is 1.77. The Hall–Kier alpha value is -2.32. The van der Waals surface area contributed by atoms with E-state index >= 15 is 0 Å². The number of ether oxygens (including phenoxy) is 2. The number of nitrogens with one attached hydrogen (secondary N) is 1. The quantitative estimate of drug-likeness (QED) is 0.909. The lowest BCUT2D eigenvalue weighted by atomic mass is 9.87. The molecule has 0 aliphatic carbocycles. The number of aromatic amines is 1. The smallest absolute Gasteiger partial charge is 0.161 e. The lowest BCUT2D eigenvalue weighted by Crippen LogP contribution is -2.46. The van der Waals surface area contributed by atoms with Crippen molar-refractivity contribution in [1.82, 2.24) is 9.97 Å². The van der Waals surface area contributed by atoms with Crippen molar-refractivity contribution < 1.29 is 9.47 Å². The summed E-state index contributed by atoms with van der Waals surface area (Å²) in [6, 6.07) is 9.96. The minimum atomic E-state index is -0.625. The predicted molar refractivity (Wildman–Crippen MR) is 68.7 cm³/mol. The Balaban J connectivity index is 2.00. The maximum atomic E-state index is 9.26. The van der Waals surface area contributed by atoms with E-state index in [9.17, 15) is 5.26 Å². The summed E-state index contributed by atoms with van der Waals surface area (Å²) in [5, 5.41) is 9.26. The number of hydrogen-bond donors (Lipinski definition) is 1. The highest BCUT2D eigenvalue weighted by Crippen LogP contribution is 2.33. The zero-order valence-corrected chi connectivity index (χ0v) is 10.5. The number of hydrogen-bond acceptors (Lipinski definition) is 4. The second-order valence-electron chi connectivity index (χ2n) is 4.53. The van der Waals surface area contributed by atoms with Crippen LogP contribution in [0.2, 0.25) is 0 Å². The van der Waals surface area contributed by atoms with Gasteiger partial charge in [-0.2, -0.15) is 5.26 Å². The standard InChI is InChI=1S/C14H13N3O2/c1-18-12-5-3-2-4-10(12)11-6-16-13(17-11)14(7-15)8-19-9-14/h2-6H,8-9H2,1H3,(H,16,17). The first-order chi connectivity index (χ1) is 9.29. The zero-order chi connectivity index (χ0) is 13.3. The number of benzene rings is 1. The first-order valence-electron chi connectivity index (χ1n) is 5.97. The highest BCUT2D eigenvalue weighted by Gasteiger charge is 2.43. The molecule has 5 heteroatoms. The number of rotatable bonds is 3. The molecule has 1 aliphatic heterocycles. The minimum absolute atomic E-state index is 0.391. The summed E-state index contributed by atoms with van der Waals surface area (Å²) >= 11 is 0. The fraction of sp³-hybridized carbons (Fsp3) is 0.286. The number of H-pyrrole nitrogens is 1. The van der Waals surface area contributed by atoms with Crippen LogP contribution in [0.5, 0.6) is 5.75 Å².